The highest BCUT2D eigenvalue weighted by Gasteiger charge is 2.50. The Bertz CT molecular complexity index is 1020. The second-order valence-corrected chi connectivity index (χ2v) is 6.83. The number of nitrogens with one attached hydrogen (secondary N) is 1. The SMILES string of the molecule is CCCc1noc(CN2C(=O)NC(C)(c3cccc4ccccc34)C2=O)n1. The second-order valence-electron chi connectivity index (χ2n) is 6.83. The number of amides is 3. The van der Waals surface area contributed by atoms with Gasteiger partial charge in [0.25, 0.3) is 5.91 Å². The lowest BCUT2D eigenvalue weighted by Crippen LogP contribution is -2.41. The quantitative estimate of drug-likeness (QED) is 0.703. The Labute approximate surface area is 156 Å². The van der Waals surface area contributed by atoms with Gasteiger partial charge < -0.3 is 9.84 Å². The molecule has 0 spiro atoms. The number of imide groups is 1. The minimum atomic E-state index is -1.15. The molecule has 1 aliphatic rings. The fourth-order valence-corrected chi connectivity index (χ4v) is 3.50. The van der Waals surface area contributed by atoms with Gasteiger partial charge in [0.1, 0.15) is 12.1 Å². The van der Waals surface area contributed by atoms with Crippen LogP contribution in [0.5, 0.6) is 0 Å². The van der Waals surface area contributed by atoms with Gasteiger partial charge in [0, 0.05) is 6.42 Å². The Morgan fingerprint density at radius 2 is 1.93 bits per heavy atom. The Hall–Kier alpha value is -3.22. The lowest BCUT2D eigenvalue weighted by Gasteiger charge is -2.23. The number of hydrogen-bond acceptors (Lipinski definition) is 5. The number of benzene rings is 2. The van der Waals surface area contributed by atoms with Crippen molar-refractivity contribution < 1.29 is 14.1 Å². The number of carbonyl (C=O) groups is 2. The molecule has 1 N–H and O–H groups in total. The second kappa shape index (κ2) is 6.50. The van der Waals surface area contributed by atoms with Crippen LogP contribution >= 0.6 is 0 Å². The lowest BCUT2D eigenvalue weighted by molar-refractivity contribution is -0.131. The van der Waals surface area contributed by atoms with E-state index in [1.807, 2.05) is 49.4 Å². The number of hydrogen-bond donors (Lipinski definition) is 1. The summed E-state index contributed by atoms with van der Waals surface area (Å²) in [5, 5.41) is 8.66. The van der Waals surface area contributed by atoms with Gasteiger partial charge >= 0.3 is 6.03 Å². The highest BCUT2D eigenvalue weighted by Crippen LogP contribution is 2.34. The molecule has 0 saturated carbocycles. The van der Waals surface area contributed by atoms with Crippen LogP contribution in [-0.2, 0) is 23.3 Å². The number of carbonyl (C=O) groups excluding carboxylic acids is 2. The van der Waals surface area contributed by atoms with Crippen LogP contribution in [0.15, 0.2) is 47.0 Å². The van der Waals surface area contributed by atoms with Crippen LogP contribution in [0.2, 0.25) is 0 Å². The van der Waals surface area contributed by atoms with Gasteiger partial charge in [-0.05, 0) is 29.7 Å². The molecule has 1 saturated heterocycles. The van der Waals surface area contributed by atoms with Crippen molar-refractivity contribution in [2.24, 2.45) is 0 Å². The summed E-state index contributed by atoms with van der Waals surface area (Å²) in [6.07, 6.45) is 1.58. The van der Waals surface area contributed by atoms with Gasteiger partial charge in [-0.15, -0.1) is 0 Å². The zero-order chi connectivity index (χ0) is 19.0. The van der Waals surface area contributed by atoms with Crippen LogP contribution < -0.4 is 5.32 Å². The topological polar surface area (TPSA) is 88.3 Å². The molecule has 0 bridgehead atoms. The normalized spacial score (nSPS) is 19.7. The van der Waals surface area contributed by atoms with Crippen molar-refractivity contribution in [3.63, 3.8) is 0 Å². The molecule has 4 rings (SSSR count). The van der Waals surface area contributed by atoms with Gasteiger partial charge in [0.15, 0.2) is 5.82 Å². The van der Waals surface area contributed by atoms with Crippen molar-refractivity contribution in [3.8, 4) is 0 Å². The smallest absolute Gasteiger partial charge is 0.325 e. The fourth-order valence-electron chi connectivity index (χ4n) is 3.50. The van der Waals surface area contributed by atoms with Crippen LogP contribution in [0.1, 0.15) is 37.5 Å². The summed E-state index contributed by atoms with van der Waals surface area (Å²) >= 11 is 0. The number of nitrogens with zero attached hydrogens (tertiary/aromatic N) is 3. The molecule has 1 fully saturated rings. The van der Waals surface area contributed by atoms with Crippen LogP contribution in [0.4, 0.5) is 4.79 Å². The van der Waals surface area contributed by atoms with E-state index in [1.165, 1.54) is 0 Å². The molecule has 138 valence electrons. The zero-order valence-corrected chi connectivity index (χ0v) is 15.2. The predicted molar refractivity (Wildman–Crippen MR) is 98.7 cm³/mol. The number of aromatic nitrogens is 2. The van der Waals surface area contributed by atoms with Crippen LogP contribution in [0.3, 0.4) is 0 Å². The first-order valence-corrected chi connectivity index (χ1v) is 8.96. The Morgan fingerprint density at radius 1 is 1.15 bits per heavy atom. The molecule has 2 aromatic carbocycles. The summed E-state index contributed by atoms with van der Waals surface area (Å²) in [7, 11) is 0. The van der Waals surface area contributed by atoms with E-state index in [0.29, 0.717) is 12.2 Å². The van der Waals surface area contributed by atoms with E-state index in [0.717, 1.165) is 27.7 Å². The van der Waals surface area contributed by atoms with Crippen molar-refractivity contribution in [3.05, 3.63) is 59.7 Å². The highest BCUT2D eigenvalue weighted by atomic mass is 16.5. The standard InChI is InChI=1S/C20H20N4O3/c1-3-7-16-21-17(27-23-16)12-24-18(25)20(2,22-19(24)26)15-11-6-9-13-8-4-5-10-14(13)15/h4-6,8-11H,3,7,12H2,1-2H3,(H,22,26). The van der Waals surface area contributed by atoms with Crippen LogP contribution in [0.25, 0.3) is 10.8 Å². The van der Waals surface area contributed by atoms with Crippen LogP contribution in [0, 0.1) is 0 Å². The molecule has 7 nitrogen and oxygen atoms in total. The third kappa shape index (κ3) is 2.85. The molecule has 3 aromatic rings. The molecule has 3 amide bonds. The minimum Gasteiger partial charge on any atom is -0.337 e. The monoisotopic (exact) mass is 364 g/mol. The summed E-state index contributed by atoms with van der Waals surface area (Å²) in [6.45, 7) is 3.70. The molecule has 0 radical (unpaired) electrons. The molecule has 1 aliphatic heterocycles. The van der Waals surface area contributed by atoms with E-state index >= 15 is 0 Å². The van der Waals surface area contributed by atoms with Gasteiger partial charge in [-0.2, -0.15) is 4.98 Å². The van der Waals surface area contributed by atoms with Crippen LogP contribution in [-0.4, -0.2) is 27.0 Å². The largest absolute Gasteiger partial charge is 0.337 e. The summed E-state index contributed by atoms with van der Waals surface area (Å²) in [4.78, 5) is 31.1. The molecular formula is C20H20N4O3. The van der Waals surface area contributed by atoms with E-state index in [9.17, 15) is 9.59 Å². The van der Waals surface area contributed by atoms with E-state index < -0.39 is 11.6 Å². The molecule has 2 heterocycles. The van der Waals surface area contributed by atoms with Gasteiger partial charge in [-0.25, -0.2) is 4.79 Å². The minimum absolute atomic E-state index is 0.0399. The molecule has 1 aromatic heterocycles. The van der Waals surface area contributed by atoms with E-state index in [-0.39, 0.29) is 18.3 Å². The van der Waals surface area contributed by atoms with Gasteiger partial charge in [-0.1, -0.05) is 54.5 Å². The average molecular weight is 364 g/mol. The number of aryl methyl sites for hydroxylation is 1. The number of fused-ring (bicyclic) bond motifs is 1. The van der Waals surface area contributed by atoms with E-state index in [1.54, 1.807) is 6.92 Å². The summed E-state index contributed by atoms with van der Waals surface area (Å²) in [6, 6.07) is 13.1. The van der Waals surface area contributed by atoms with Crippen molar-refractivity contribution in [1.29, 1.82) is 0 Å². The maximum absolute atomic E-state index is 13.2. The maximum atomic E-state index is 13.2. The lowest BCUT2D eigenvalue weighted by atomic mass is 9.88. The molecule has 27 heavy (non-hydrogen) atoms. The summed E-state index contributed by atoms with van der Waals surface area (Å²) in [5.74, 6) is 0.500. The first kappa shape index (κ1) is 17.2. The van der Waals surface area contributed by atoms with Crippen molar-refractivity contribution >= 4 is 22.7 Å². The third-order valence-electron chi connectivity index (χ3n) is 4.88. The van der Waals surface area contributed by atoms with E-state index in [4.69, 9.17) is 4.52 Å². The summed E-state index contributed by atoms with van der Waals surface area (Å²) in [5.41, 5.74) is -0.386. The fraction of sp³-hybridized carbons (Fsp3) is 0.300. The third-order valence-corrected chi connectivity index (χ3v) is 4.88. The Kier molecular flexibility index (Phi) is 4.14. The predicted octanol–water partition coefficient (Wildman–Crippen LogP) is 3.14. The number of rotatable bonds is 5. The van der Waals surface area contributed by atoms with E-state index in [2.05, 4.69) is 15.5 Å². The van der Waals surface area contributed by atoms with Crippen molar-refractivity contribution in [2.75, 3.05) is 0 Å². The molecule has 1 unspecified atom stereocenters. The molecule has 0 aliphatic carbocycles. The summed E-state index contributed by atoms with van der Waals surface area (Å²) < 4.78 is 5.18. The maximum Gasteiger partial charge on any atom is 0.325 e. The molecular weight excluding hydrogens is 344 g/mol. The first-order chi connectivity index (χ1) is 13.0. The van der Waals surface area contributed by atoms with Crippen molar-refractivity contribution in [2.45, 2.75) is 38.8 Å². The van der Waals surface area contributed by atoms with Gasteiger partial charge in [0.05, 0.1) is 0 Å². The van der Waals surface area contributed by atoms with Crippen molar-refractivity contribution in [1.82, 2.24) is 20.4 Å². The Balaban J connectivity index is 1.66. The van der Waals surface area contributed by atoms with Gasteiger partial charge in [0.2, 0.25) is 5.89 Å². The Morgan fingerprint density at radius 3 is 2.74 bits per heavy atom. The molecule has 7 heteroatoms. The molecule has 1 atom stereocenters. The highest BCUT2D eigenvalue weighted by molar-refractivity contribution is 6.09. The number of urea groups is 1. The first-order valence-electron chi connectivity index (χ1n) is 8.96. The van der Waals surface area contributed by atoms with Gasteiger partial charge in [-0.3, -0.25) is 9.69 Å². The average Bonchev–Trinajstić information content (AvgIpc) is 3.20. The zero-order valence-electron chi connectivity index (χ0n) is 15.2.